The second-order valence-corrected chi connectivity index (χ2v) is 10.3. The van der Waals surface area contributed by atoms with Crippen molar-refractivity contribution in [2.45, 2.75) is 89.3 Å². The van der Waals surface area contributed by atoms with Gasteiger partial charge in [0, 0.05) is 38.3 Å². The van der Waals surface area contributed by atoms with Crippen molar-refractivity contribution in [3.8, 4) is 0 Å². The minimum atomic E-state index is -0.749. The fourth-order valence-electron chi connectivity index (χ4n) is 5.99. The van der Waals surface area contributed by atoms with Gasteiger partial charge < -0.3 is 10.2 Å². The lowest BCUT2D eigenvalue weighted by molar-refractivity contribution is -0.384. The van der Waals surface area contributed by atoms with E-state index in [0.717, 1.165) is 37.7 Å². The van der Waals surface area contributed by atoms with Gasteiger partial charge in [0.25, 0.3) is 5.69 Å². The predicted molar refractivity (Wildman–Crippen MR) is 130 cm³/mol. The van der Waals surface area contributed by atoms with E-state index in [1.165, 1.54) is 31.4 Å². The summed E-state index contributed by atoms with van der Waals surface area (Å²) in [4.78, 5) is 41.9. The van der Waals surface area contributed by atoms with Gasteiger partial charge in [0.2, 0.25) is 11.8 Å². The van der Waals surface area contributed by atoms with Gasteiger partial charge in [-0.15, -0.1) is 0 Å². The highest BCUT2D eigenvalue weighted by molar-refractivity contribution is 6.00. The maximum atomic E-state index is 13.6. The summed E-state index contributed by atoms with van der Waals surface area (Å²) in [6.45, 7) is 4.88. The van der Waals surface area contributed by atoms with Gasteiger partial charge in [-0.2, -0.15) is 0 Å². The van der Waals surface area contributed by atoms with E-state index >= 15 is 0 Å². The molecule has 4 rings (SSSR count). The summed E-state index contributed by atoms with van der Waals surface area (Å²) in [5.41, 5.74) is 0.357. The fourth-order valence-corrected chi connectivity index (χ4v) is 5.99. The molecule has 8 nitrogen and oxygen atoms in total. The van der Waals surface area contributed by atoms with Crippen LogP contribution in [0.1, 0.15) is 76.7 Å². The van der Waals surface area contributed by atoms with Crippen molar-refractivity contribution >= 4 is 17.5 Å². The van der Waals surface area contributed by atoms with Crippen LogP contribution in [-0.4, -0.2) is 57.8 Å². The molecule has 1 unspecified atom stereocenters. The minimum absolute atomic E-state index is 0.0269. The fraction of sp³-hybridized carbons (Fsp3) is 0.692. The Morgan fingerprint density at radius 1 is 1.09 bits per heavy atom. The zero-order valence-corrected chi connectivity index (χ0v) is 20.3. The molecule has 0 aromatic heterocycles. The number of amides is 2. The van der Waals surface area contributed by atoms with Crippen LogP contribution in [0.2, 0.25) is 0 Å². The molecule has 1 aliphatic carbocycles. The first kappa shape index (κ1) is 24.6. The highest BCUT2D eigenvalue weighted by Crippen LogP contribution is 2.36. The normalized spacial score (nSPS) is 23.8. The van der Waals surface area contributed by atoms with Crippen molar-refractivity contribution in [1.82, 2.24) is 15.1 Å². The zero-order chi connectivity index (χ0) is 24.1. The third-order valence-corrected chi connectivity index (χ3v) is 8.07. The standard InChI is InChI=1S/C26H38N4O4/c1-2-3-15-29-24(31)23(18-20-7-5-4-6-8-20)27-25(32)26(29)13-16-28(17-14-26)19-21-9-11-22(12-10-21)30(33)34/h9-12,20,23H,2-8,13-19H2,1H3,(H,27,32). The average molecular weight is 471 g/mol. The molecule has 2 aliphatic heterocycles. The molecule has 2 heterocycles. The number of hydrogen-bond donors (Lipinski definition) is 1. The van der Waals surface area contributed by atoms with E-state index in [-0.39, 0.29) is 28.5 Å². The van der Waals surface area contributed by atoms with Gasteiger partial charge in [0.05, 0.1) is 4.92 Å². The molecule has 1 spiro atoms. The smallest absolute Gasteiger partial charge is 0.269 e. The van der Waals surface area contributed by atoms with E-state index in [2.05, 4.69) is 17.1 Å². The molecule has 1 aromatic carbocycles. The van der Waals surface area contributed by atoms with Crippen LogP contribution >= 0.6 is 0 Å². The van der Waals surface area contributed by atoms with Crippen molar-refractivity contribution < 1.29 is 14.5 Å². The Kier molecular flexibility index (Phi) is 7.86. The molecular formula is C26H38N4O4. The number of nitro groups is 1. The maximum absolute atomic E-state index is 13.6. The van der Waals surface area contributed by atoms with Crippen LogP contribution in [0, 0.1) is 16.0 Å². The van der Waals surface area contributed by atoms with E-state index < -0.39 is 5.54 Å². The molecule has 3 aliphatic rings. The number of likely N-dealkylation sites (tertiary alicyclic amines) is 1. The first-order valence-electron chi connectivity index (χ1n) is 13.0. The number of carbonyl (C=O) groups excluding carboxylic acids is 2. The molecule has 3 fully saturated rings. The quantitative estimate of drug-likeness (QED) is 0.457. The summed E-state index contributed by atoms with van der Waals surface area (Å²) in [7, 11) is 0. The molecular weight excluding hydrogens is 432 g/mol. The van der Waals surface area contributed by atoms with E-state index in [1.807, 2.05) is 4.90 Å². The van der Waals surface area contributed by atoms with Gasteiger partial charge in [-0.05, 0) is 37.2 Å². The summed E-state index contributed by atoms with van der Waals surface area (Å²) >= 11 is 0. The van der Waals surface area contributed by atoms with Gasteiger partial charge >= 0.3 is 0 Å². The summed E-state index contributed by atoms with van der Waals surface area (Å²) in [5, 5.41) is 14.0. The summed E-state index contributed by atoms with van der Waals surface area (Å²) in [6.07, 6.45) is 9.98. The monoisotopic (exact) mass is 470 g/mol. The van der Waals surface area contributed by atoms with Crippen molar-refractivity contribution in [2.75, 3.05) is 19.6 Å². The van der Waals surface area contributed by atoms with Crippen LogP contribution in [-0.2, 0) is 16.1 Å². The number of benzene rings is 1. The first-order valence-corrected chi connectivity index (χ1v) is 13.0. The number of nitro benzene ring substituents is 1. The summed E-state index contributed by atoms with van der Waals surface area (Å²) in [6, 6.07) is 6.28. The molecule has 0 bridgehead atoms. The van der Waals surface area contributed by atoms with Crippen LogP contribution < -0.4 is 5.32 Å². The number of nitrogens with zero attached hydrogens (tertiary/aromatic N) is 3. The van der Waals surface area contributed by atoms with Crippen molar-refractivity contribution in [2.24, 2.45) is 5.92 Å². The Bertz CT molecular complexity index is 873. The second kappa shape index (κ2) is 10.8. The summed E-state index contributed by atoms with van der Waals surface area (Å²) in [5.74, 6) is 0.676. The second-order valence-electron chi connectivity index (χ2n) is 10.3. The number of piperazine rings is 1. The average Bonchev–Trinajstić information content (AvgIpc) is 2.85. The summed E-state index contributed by atoms with van der Waals surface area (Å²) < 4.78 is 0. The van der Waals surface area contributed by atoms with E-state index in [4.69, 9.17) is 0 Å². The number of piperidine rings is 1. The van der Waals surface area contributed by atoms with Crippen molar-refractivity contribution in [1.29, 1.82) is 0 Å². The number of rotatable bonds is 8. The molecule has 1 atom stereocenters. The molecule has 1 N–H and O–H groups in total. The Hall–Kier alpha value is -2.48. The Morgan fingerprint density at radius 3 is 2.38 bits per heavy atom. The number of carbonyl (C=O) groups is 2. The molecule has 0 radical (unpaired) electrons. The van der Waals surface area contributed by atoms with Crippen LogP contribution in [0.4, 0.5) is 5.69 Å². The molecule has 186 valence electrons. The Balaban J connectivity index is 1.42. The lowest BCUT2D eigenvalue weighted by Crippen LogP contribution is -2.73. The SMILES string of the molecule is CCCCN1C(=O)C(CC2CCCCC2)NC(=O)C12CCN(Cc1ccc([N+](=O)[O-])cc1)CC2. The maximum Gasteiger partial charge on any atom is 0.269 e. The first-order chi connectivity index (χ1) is 16.4. The van der Waals surface area contributed by atoms with Gasteiger partial charge in [0.15, 0.2) is 0 Å². The van der Waals surface area contributed by atoms with Crippen LogP contribution in [0.5, 0.6) is 0 Å². The molecule has 2 amide bonds. The third kappa shape index (κ3) is 5.27. The van der Waals surface area contributed by atoms with E-state index in [1.54, 1.807) is 12.1 Å². The van der Waals surface area contributed by atoms with E-state index in [9.17, 15) is 19.7 Å². The van der Waals surface area contributed by atoms with Gasteiger partial charge in [-0.1, -0.05) is 57.6 Å². The van der Waals surface area contributed by atoms with Crippen LogP contribution in [0.15, 0.2) is 24.3 Å². The van der Waals surface area contributed by atoms with E-state index in [0.29, 0.717) is 44.9 Å². The number of non-ortho nitro benzene ring substituents is 1. The highest BCUT2D eigenvalue weighted by Gasteiger charge is 2.53. The van der Waals surface area contributed by atoms with Crippen LogP contribution in [0.25, 0.3) is 0 Å². The minimum Gasteiger partial charge on any atom is -0.342 e. The predicted octanol–water partition coefficient (Wildman–Crippen LogP) is 4.03. The molecule has 2 saturated heterocycles. The Labute approximate surface area is 202 Å². The van der Waals surface area contributed by atoms with Gasteiger partial charge in [-0.3, -0.25) is 24.6 Å². The number of unbranched alkanes of at least 4 members (excludes halogenated alkanes) is 1. The molecule has 8 heteroatoms. The largest absolute Gasteiger partial charge is 0.342 e. The lowest BCUT2D eigenvalue weighted by atomic mass is 9.79. The molecule has 1 aromatic rings. The number of nitrogens with one attached hydrogen (secondary N) is 1. The molecule has 1 saturated carbocycles. The van der Waals surface area contributed by atoms with Crippen molar-refractivity contribution in [3.05, 3.63) is 39.9 Å². The van der Waals surface area contributed by atoms with Crippen molar-refractivity contribution in [3.63, 3.8) is 0 Å². The zero-order valence-electron chi connectivity index (χ0n) is 20.3. The lowest BCUT2D eigenvalue weighted by Gasteiger charge is -2.52. The van der Waals surface area contributed by atoms with Gasteiger partial charge in [0.1, 0.15) is 11.6 Å². The van der Waals surface area contributed by atoms with Gasteiger partial charge in [-0.25, -0.2) is 0 Å². The Morgan fingerprint density at radius 2 is 1.76 bits per heavy atom. The topological polar surface area (TPSA) is 95.8 Å². The third-order valence-electron chi connectivity index (χ3n) is 8.07. The molecule has 34 heavy (non-hydrogen) atoms. The number of hydrogen-bond acceptors (Lipinski definition) is 5. The van der Waals surface area contributed by atoms with Crippen LogP contribution in [0.3, 0.4) is 0 Å². The highest BCUT2D eigenvalue weighted by atomic mass is 16.6.